The minimum Gasteiger partial charge on any atom is -0.464 e. The molecule has 0 saturated carbocycles. The summed E-state index contributed by atoms with van der Waals surface area (Å²) in [5.41, 5.74) is 0.0766. The summed E-state index contributed by atoms with van der Waals surface area (Å²) in [5.74, 6) is -0.135. The van der Waals surface area contributed by atoms with Crippen LogP contribution in [-0.2, 0) is 4.74 Å². The summed E-state index contributed by atoms with van der Waals surface area (Å²) in [6.07, 6.45) is -1.42. The van der Waals surface area contributed by atoms with Crippen molar-refractivity contribution in [2.24, 2.45) is 0 Å². The summed E-state index contributed by atoms with van der Waals surface area (Å²) in [7, 11) is 1.24. The number of aromatic nitrogens is 2. The lowest BCUT2D eigenvalue weighted by atomic mass is 10.3. The fourth-order valence-corrected chi connectivity index (χ4v) is 2.10. The monoisotopic (exact) mass is 304 g/mol. The van der Waals surface area contributed by atoms with Crippen LogP contribution < -0.4 is 4.90 Å². The number of piperazine rings is 1. The van der Waals surface area contributed by atoms with Crippen LogP contribution in [0, 0.1) is 0 Å². The molecule has 0 atom stereocenters. The predicted octanol–water partition coefficient (Wildman–Crippen LogP) is 0.947. The van der Waals surface area contributed by atoms with Gasteiger partial charge in [0.15, 0.2) is 5.69 Å². The molecular weight excluding hydrogens is 289 g/mol. The standard InChI is InChI=1S/C12H15F3N4O2/c1-21-11(20)9-6-16-7-10(17-9)19-4-2-18(3-5-19)8-12(13,14)15/h6-7H,2-5,8H2,1H3. The Labute approximate surface area is 119 Å². The van der Waals surface area contributed by atoms with Gasteiger partial charge in [0.2, 0.25) is 0 Å². The highest BCUT2D eigenvalue weighted by Crippen LogP contribution is 2.19. The molecule has 2 rings (SSSR count). The molecule has 0 unspecified atom stereocenters. The number of hydrogen-bond donors (Lipinski definition) is 0. The highest BCUT2D eigenvalue weighted by Gasteiger charge is 2.32. The molecule has 0 radical (unpaired) electrons. The Kier molecular flexibility index (Phi) is 4.61. The average Bonchev–Trinajstić information content (AvgIpc) is 2.45. The van der Waals surface area contributed by atoms with E-state index in [1.54, 1.807) is 4.90 Å². The SMILES string of the molecule is COC(=O)c1cncc(N2CCN(CC(F)(F)F)CC2)n1. The Bertz CT molecular complexity index is 502. The van der Waals surface area contributed by atoms with Crippen LogP contribution in [0.4, 0.5) is 19.0 Å². The van der Waals surface area contributed by atoms with E-state index < -0.39 is 18.7 Å². The van der Waals surface area contributed by atoms with Crippen LogP contribution in [0.15, 0.2) is 12.4 Å². The fourth-order valence-electron chi connectivity index (χ4n) is 2.10. The molecule has 6 nitrogen and oxygen atoms in total. The number of methoxy groups -OCH3 is 1. The zero-order valence-corrected chi connectivity index (χ0v) is 11.4. The van der Waals surface area contributed by atoms with Gasteiger partial charge < -0.3 is 9.64 Å². The third-order valence-electron chi connectivity index (χ3n) is 3.12. The first-order valence-electron chi connectivity index (χ1n) is 6.33. The summed E-state index contributed by atoms with van der Waals surface area (Å²) >= 11 is 0. The molecule has 0 N–H and O–H groups in total. The summed E-state index contributed by atoms with van der Waals surface area (Å²) in [6, 6.07) is 0. The first-order chi connectivity index (χ1) is 9.89. The number of nitrogens with zero attached hydrogens (tertiary/aromatic N) is 4. The van der Waals surface area contributed by atoms with Crippen molar-refractivity contribution >= 4 is 11.8 Å². The van der Waals surface area contributed by atoms with Gasteiger partial charge in [0, 0.05) is 26.2 Å². The minimum absolute atomic E-state index is 0.0766. The largest absolute Gasteiger partial charge is 0.464 e. The molecule has 0 amide bonds. The first kappa shape index (κ1) is 15.5. The van der Waals surface area contributed by atoms with Crippen molar-refractivity contribution in [3.63, 3.8) is 0 Å². The number of ether oxygens (including phenoxy) is 1. The van der Waals surface area contributed by atoms with Gasteiger partial charge in [-0.1, -0.05) is 0 Å². The van der Waals surface area contributed by atoms with E-state index in [-0.39, 0.29) is 18.8 Å². The molecule has 21 heavy (non-hydrogen) atoms. The molecule has 1 aliphatic rings. The molecule has 1 aromatic rings. The van der Waals surface area contributed by atoms with Crippen molar-refractivity contribution in [1.82, 2.24) is 14.9 Å². The van der Waals surface area contributed by atoms with E-state index in [9.17, 15) is 18.0 Å². The number of alkyl halides is 3. The lowest BCUT2D eigenvalue weighted by Gasteiger charge is -2.35. The number of carbonyl (C=O) groups is 1. The van der Waals surface area contributed by atoms with Crippen LogP contribution in [0.3, 0.4) is 0 Å². The van der Waals surface area contributed by atoms with Gasteiger partial charge in [-0.25, -0.2) is 9.78 Å². The molecule has 0 bridgehead atoms. The molecule has 0 spiro atoms. The maximum absolute atomic E-state index is 12.3. The third-order valence-corrected chi connectivity index (χ3v) is 3.12. The maximum Gasteiger partial charge on any atom is 0.401 e. The van der Waals surface area contributed by atoms with Crippen LogP contribution in [0.2, 0.25) is 0 Å². The van der Waals surface area contributed by atoms with Gasteiger partial charge >= 0.3 is 12.1 Å². The van der Waals surface area contributed by atoms with Crippen LogP contribution in [-0.4, -0.2) is 66.8 Å². The van der Waals surface area contributed by atoms with Gasteiger partial charge in [-0.15, -0.1) is 0 Å². The Hall–Kier alpha value is -1.90. The smallest absolute Gasteiger partial charge is 0.401 e. The van der Waals surface area contributed by atoms with Crippen molar-refractivity contribution in [3.8, 4) is 0 Å². The lowest BCUT2D eigenvalue weighted by Crippen LogP contribution is -2.49. The number of esters is 1. The Morgan fingerprint density at radius 2 is 1.95 bits per heavy atom. The van der Waals surface area contributed by atoms with Gasteiger partial charge in [-0.05, 0) is 0 Å². The van der Waals surface area contributed by atoms with Crippen LogP contribution >= 0.6 is 0 Å². The molecule has 116 valence electrons. The minimum atomic E-state index is -4.19. The van der Waals surface area contributed by atoms with E-state index in [0.29, 0.717) is 18.9 Å². The van der Waals surface area contributed by atoms with Gasteiger partial charge in [0.05, 0.1) is 26.0 Å². The van der Waals surface area contributed by atoms with Crippen molar-refractivity contribution < 1.29 is 22.7 Å². The number of carbonyl (C=O) groups excluding carboxylic acids is 1. The molecule has 9 heteroatoms. The second kappa shape index (κ2) is 6.25. The lowest BCUT2D eigenvalue weighted by molar-refractivity contribution is -0.146. The molecule has 1 saturated heterocycles. The van der Waals surface area contributed by atoms with Gasteiger partial charge in [0.1, 0.15) is 5.82 Å². The quantitative estimate of drug-likeness (QED) is 0.775. The van der Waals surface area contributed by atoms with E-state index in [2.05, 4.69) is 14.7 Å². The molecule has 2 heterocycles. The van der Waals surface area contributed by atoms with Crippen molar-refractivity contribution in [2.75, 3.05) is 44.7 Å². The number of rotatable bonds is 3. The van der Waals surface area contributed by atoms with Crippen LogP contribution in [0.5, 0.6) is 0 Å². The fraction of sp³-hybridized carbons (Fsp3) is 0.583. The molecule has 1 aromatic heterocycles. The van der Waals surface area contributed by atoms with Crippen molar-refractivity contribution in [2.45, 2.75) is 6.18 Å². The zero-order chi connectivity index (χ0) is 15.5. The normalized spacial score (nSPS) is 16.9. The second-order valence-corrected chi connectivity index (χ2v) is 4.63. The maximum atomic E-state index is 12.3. The summed E-state index contributed by atoms with van der Waals surface area (Å²) in [4.78, 5) is 22.5. The summed E-state index contributed by atoms with van der Waals surface area (Å²) < 4.78 is 41.5. The highest BCUT2D eigenvalue weighted by atomic mass is 19.4. The molecule has 1 aliphatic heterocycles. The van der Waals surface area contributed by atoms with E-state index >= 15 is 0 Å². The van der Waals surface area contributed by atoms with E-state index in [4.69, 9.17) is 0 Å². The van der Waals surface area contributed by atoms with Crippen LogP contribution in [0.1, 0.15) is 10.5 Å². The number of hydrogen-bond acceptors (Lipinski definition) is 6. The zero-order valence-electron chi connectivity index (χ0n) is 11.4. The topological polar surface area (TPSA) is 58.6 Å². The van der Waals surface area contributed by atoms with Crippen LogP contribution in [0.25, 0.3) is 0 Å². The third kappa shape index (κ3) is 4.28. The summed E-state index contributed by atoms with van der Waals surface area (Å²) in [5, 5.41) is 0. The predicted molar refractivity (Wildman–Crippen MR) is 68.1 cm³/mol. The summed E-state index contributed by atoms with van der Waals surface area (Å²) in [6.45, 7) is 0.451. The Morgan fingerprint density at radius 3 is 2.52 bits per heavy atom. The first-order valence-corrected chi connectivity index (χ1v) is 6.33. The average molecular weight is 304 g/mol. The Morgan fingerprint density at radius 1 is 1.29 bits per heavy atom. The highest BCUT2D eigenvalue weighted by molar-refractivity contribution is 5.87. The molecule has 0 aliphatic carbocycles. The second-order valence-electron chi connectivity index (χ2n) is 4.63. The van der Waals surface area contributed by atoms with Gasteiger partial charge in [-0.2, -0.15) is 13.2 Å². The van der Waals surface area contributed by atoms with E-state index in [1.165, 1.54) is 24.4 Å². The molecular formula is C12H15F3N4O2. The van der Waals surface area contributed by atoms with Crippen molar-refractivity contribution in [1.29, 1.82) is 0 Å². The number of anilines is 1. The van der Waals surface area contributed by atoms with Gasteiger partial charge in [-0.3, -0.25) is 9.88 Å². The number of halogens is 3. The molecule has 0 aromatic carbocycles. The Balaban J connectivity index is 1.97. The molecule has 1 fully saturated rings. The van der Waals surface area contributed by atoms with E-state index in [1.807, 2.05) is 0 Å². The van der Waals surface area contributed by atoms with Crippen molar-refractivity contribution in [3.05, 3.63) is 18.1 Å². The van der Waals surface area contributed by atoms with Gasteiger partial charge in [0.25, 0.3) is 0 Å². The van der Waals surface area contributed by atoms with E-state index in [0.717, 1.165) is 0 Å².